The van der Waals surface area contributed by atoms with Gasteiger partial charge in [0.05, 0.1) is 21.1 Å². The van der Waals surface area contributed by atoms with E-state index < -0.39 is 5.54 Å². The number of nitrogens with zero attached hydrogens (tertiary/aromatic N) is 2. The van der Waals surface area contributed by atoms with Crippen LogP contribution in [-0.2, 0) is 5.54 Å². The van der Waals surface area contributed by atoms with Gasteiger partial charge in [0.25, 0.3) is 5.89 Å². The third-order valence-corrected chi connectivity index (χ3v) is 4.17. The summed E-state index contributed by atoms with van der Waals surface area (Å²) in [5.41, 5.74) is 6.38. The van der Waals surface area contributed by atoms with Crippen LogP contribution in [0.5, 0.6) is 0 Å². The first-order valence-corrected chi connectivity index (χ1v) is 6.93. The van der Waals surface area contributed by atoms with Crippen LogP contribution in [0.1, 0.15) is 31.5 Å². The van der Waals surface area contributed by atoms with Crippen molar-refractivity contribution in [3.05, 3.63) is 34.1 Å². The molecule has 20 heavy (non-hydrogen) atoms. The molecule has 3 rings (SSSR count). The molecule has 1 saturated carbocycles. The summed E-state index contributed by atoms with van der Waals surface area (Å²) in [6.45, 7) is 0. The fraction of sp³-hybridized carbons (Fsp3) is 0.385. The zero-order valence-electron chi connectivity index (χ0n) is 10.6. The maximum absolute atomic E-state index is 6.30. The summed E-state index contributed by atoms with van der Waals surface area (Å²) in [5.74, 6) is 0.860. The number of aromatic nitrogens is 2. The largest absolute Gasteiger partial charge is 0.334 e. The Hall–Kier alpha value is -0.810. The number of nitrogens with two attached hydrogens (primary N) is 1. The van der Waals surface area contributed by atoms with Gasteiger partial charge in [-0.25, -0.2) is 0 Å². The zero-order chi connectivity index (χ0) is 13.5. The topological polar surface area (TPSA) is 64.9 Å². The predicted octanol–water partition coefficient (Wildman–Crippen LogP) is 4.19. The number of rotatable bonds is 2. The molecule has 1 aromatic heterocycles. The van der Waals surface area contributed by atoms with E-state index >= 15 is 0 Å². The summed E-state index contributed by atoms with van der Waals surface area (Å²) in [4.78, 5) is 4.38. The molecular formula is C13H14Cl3N3O. The molecule has 108 valence electrons. The Balaban J connectivity index is 0.00000147. The van der Waals surface area contributed by atoms with E-state index in [-0.39, 0.29) is 12.4 Å². The summed E-state index contributed by atoms with van der Waals surface area (Å²) in [6, 6.07) is 5.24. The van der Waals surface area contributed by atoms with Gasteiger partial charge in [-0.15, -0.1) is 12.4 Å². The molecule has 4 nitrogen and oxygen atoms in total. The van der Waals surface area contributed by atoms with Crippen LogP contribution in [0.15, 0.2) is 22.7 Å². The van der Waals surface area contributed by atoms with Gasteiger partial charge >= 0.3 is 0 Å². The molecule has 7 heteroatoms. The van der Waals surface area contributed by atoms with Crippen LogP contribution < -0.4 is 5.73 Å². The molecule has 0 atom stereocenters. The van der Waals surface area contributed by atoms with Crippen LogP contribution in [0.25, 0.3) is 11.5 Å². The summed E-state index contributed by atoms with van der Waals surface area (Å²) in [7, 11) is 0. The van der Waals surface area contributed by atoms with Crippen molar-refractivity contribution in [2.75, 3.05) is 0 Å². The standard InChI is InChI=1S/C13H13Cl2N3O.ClH/c14-8-4-3-5-9(15)10(8)11-17-12(18-19-11)13(16)6-1-2-7-13;/h3-5H,1-2,6-7,16H2;1H. The van der Waals surface area contributed by atoms with Crippen LogP contribution in [0, 0.1) is 0 Å². The van der Waals surface area contributed by atoms with E-state index in [0.29, 0.717) is 27.3 Å². The molecule has 0 aliphatic heterocycles. The Morgan fingerprint density at radius 2 is 1.75 bits per heavy atom. The van der Waals surface area contributed by atoms with E-state index in [1.54, 1.807) is 18.2 Å². The molecule has 0 saturated heterocycles. The Kier molecular flexibility index (Phi) is 4.59. The molecule has 1 aliphatic carbocycles. The molecule has 1 aliphatic rings. The monoisotopic (exact) mass is 333 g/mol. The Labute approximate surface area is 133 Å². The molecule has 1 aromatic carbocycles. The first-order valence-electron chi connectivity index (χ1n) is 6.18. The second-order valence-electron chi connectivity index (χ2n) is 4.88. The highest BCUT2D eigenvalue weighted by atomic mass is 35.5. The van der Waals surface area contributed by atoms with Gasteiger partial charge in [0.2, 0.25) is 0 Å². The number of hydrogen-bond donors (Lipinski definition) is 1. The average Bonchev–Trinajstić information content (AvgIpc) is 2.99. The zero-order valence-corrected chi connectivity index (χ0v) is 12.9. The maximum atomic E-state index is 6.30. The molecule has 2 N–H and O–H groups in total. The van der Waals surface area contributed by atoms with E-state index in [2.05, 4.69) is 10.1 Å². The average molecular weight is 335 g/mol. The predicted molar refractivity (Wildman–Crippen MR) is 81.3 cm³/mol. The Bertz CT molecular complexity index is 588. The highest BCUT2D eigenvalue weighted by molar-refractivity contribution is 6.38. The molecule has 2 aromatic rings. The van der Waals surface area contributed by atoms with Gasteiger partial charge in [0.1, 0.15) is 0 Å². The number of halogens is 3. The quantitative estimate of drug-likeness (QED) is 0.894. The molecule has 0 unspecified atom stereocenters. The molecule has 1 heterocycles. The number of benzene rings is 1. The lowest BCUT2D eigenvalue weighted by atomic mass is 9.99. The number of hydrogen-bond acceptors (Lipinski definition) is 4. The second-order valence-corrected chi connectivity index (χ2v) is 5.70. The van der Waals surface area contributed by atoms with E-state index in [4.69, 9.17) is 33.5 Å². The van der Waals surface area contributed by atoms with Crippen molar-refractivity contribution >= 4 is 35.6 Å². The van der Waals surface area contributed by atoms with Gasteiger partial charge in [-0.05, 0) is 25.0 Å². The van der Waals surface area contributed by atoms with E-state index in [1.807, 2.05) is 0 Å². The first-order chi connectivity index (χ1) is 9.10. The van der Waals surface area contributed by atoms with Crippen molar-refractivity contribution in [3.63, 3.8) is 0 Å². The van der Waals surface area contributed by atoms with Crippen molar-refractivity contribution < 1.29 is 4.52 Å². The van der Waals surface area contributed by atoms with Crippen LogP contribution in [0.2, 0.25) is 10.0 Å². The minimum atomic E-state index is -0.477. The smallest absolute Gasteiger partial charge is 0.261 e. The molecule has 0 amide bonds. The third-order valence-electron chi connectivity index (χ3n) is 3.54. The maximum Gasteiger partial charge on any atom is 0.261 e. The molecule has 0 radical (unpaired) electrons. The second kappa shape index (κ2) is 5.90. The van der Waals surface area contributed by atoms with Crippen molar-refractivity contribution in [2.24, 2.45) is 5.73 Å². The molecule has 0 spiro atoms. The van der Waals surface area contributed by atoms with Crippen molar-refractivity contribution in [3.8, 4) is 11.5 Å². The van der Waals surface area contributed by atoms with Gasteiger partial charge < -0.3 is 10.3 Å². The summed E-state index contributed by atoms with van der Waals surface area (Å²) < 4.78 is 5.28. The fourth-order valence-electron chi connectivity index (χ4n) is 2.46. The highest BCUT2D eigenvalue weighted by Crippen LogP contribution is 2.38. The molecular weight excluding hydrogens is 321 g/mol. The van der Waals surface area contributed by atoms with Gasteiger partial charge in [-0.3, -0.25) is 0 Å². The van der Waals surface area contributed by atoms with Crippen LogP contribution in [-0.4, -0.2) is 10.1 Å². The first kappa shape index (κ1) is 15.6. The van der Waals surface area contributed by atoms with Crippen LogP contribution in [0.3, 0.4) is 0 Å². The third kappa shape index (κ3) is 2.66. The fourth-order valence-corrected chi connectivity index (χ4v) is 3.02. The van der Waals surface area contributed by atoms with E-state index in [1.165, 1.54) is 0 Å². The summed E-state index contributed by atoms with van der Waals surface area (Å²) in [6.07, 6.45) is 3.94. The normalized spacial score (nSPS) is 16.9. The summed E-state index contributed by atoms with van der Waals surface area (Å²) >= 11 is 12.2. The van der Waals surface area contributed by atoms with Gasteiger partial charge in [0, 0.05) is 0 Å². The van der Waals surface area contributed by atoms with E-state index in [9.17, 15) is 0 Å². The van der Waals surface area contributed by atoms with Crippen molar-refractivity contribution in [1.29, 1.82) is 0 Å². The molecule has 0 bridgehead atoms. The lowest BCUT2D eigenvalue weighted by Crippen LogP contribution is -2.34. The van der Waals surface area contributed by atoms with Gasteiger partial charge in [-0.1, -0.05) is 47.3 Å². The van der Waals surface area contributed by atoms with Gasteiger partial charge in [-0.2, -0.15) is 4.98 Å². The van der Waals surface area contributed by atoms with Crippen molar-refractivity contribution in [2.45, 2.75) is 31.2 Å². The minimum absolute atomic E-state index is 0. The molecule has 1 fully saturated rings. The van der Waals surface area contributed by atoms with Crippen LogP contribution in [0.4, 0.5) is 0 Å². The Morgan fingerprint density at radius 1 is 1.15 bits per heavy atom. The lowest BCUT2D eigenvalue weighted by Gasteiger charge is -2.17. The summed E-state index contributed by atoms with van der Waals surface area (Å²) in [5, 5.41) is 4.97. The SMILES string of the molecule is Cl.NC1(c2noc(-c3c(Cl)cccc3Cl)n2)CCCC1. The van der Waals surface area contributed by atoms with E-state index in [0.717, 1.165) is 25.7 Å². The Morgan fingerprint density at radius 3 is 2.35 bits per heavy atom. The lowest BCUT2D eigenvalue weighted by molar-refractivity contribution is 0.372. The van der Waals surface area contributed by atoms with Crippen LogP contribution >= 0.6 is 35.6 Å². The van der Waals surface area contributed by atoms with Gasteiger partial charge in [0.15, 0.2) is 5.82 Å². The highest BCUT2D eigenvalue weighted by Gasteiger charge is 2.36. The minimum Gasteiger partial charge on any atom is -0.334 e. The van der Waals surface area contributed by atoms with Crippen molar-refractivity contribution in [1.82, 2.24) is 10.1 Å².